The number of rotatable bonds is 5. The Kier molecular flexibility index (Phi) is 4.81. The third-order valence-corrected chi connectivity index (χ3v) is 5.18. The summed E-state index contributed by atoms with van der Waals surface area (Å²) < 4.78 is 5.25. The van der Waals surface area contributed by atoms with Crippen molar-refractivity contribution in [1.29, 1.82) is 0 Å². The molecule has 21 heavy (non-hydrogen) atoms. The van der Waals surface area contributed by atoms with E-state index < -0.39 is 0 Å². The Morgan fingerprint density at radius 1 is 1.24 bits per heavy atom. The first-order valence-corrected chi connectivity index (χ1v) is 8.44. The van der Waals surface area contributed by atoms with Crippen molar-refractivity contribution in [3.05, 3.63) is 29.8 Å². The lowest BCUT2D eigenvalue weighted by atomic mass is 9.95. The van der Waals surface area contributed by atoms with Crippen LogP contribution >= 0.6 is 0 Å². The molecule has 0 aliphatic carbocycles. The molecule has 2 heterocycles. The summed E-state index contributed by atoms with van der Waals surface area (Å²) >= 11 is 0. The van der Waals surface area contributed by atoms with Crippen molar-refractivity contribution in [2.45, 2.75) is 57.2 Å². The molecule has 1 aromatic carbocycles. The Morgan fingerprint density at radius 2 is 2.05 bits per heavy atom. The molecule has 0 saturated carbocycles. The maximum absolute atomic E-state index is 5.25. The standard InChI is InChI=1S/C18H28N2O/c1-3-18(14-6-8-17(21-2)9-7-14)19-15-10-12-20-11-4-5-16(20)13-15/h6-9,15-16,18-19H,3-5,10-13H2,1-2H3. The molecule has 2 fully saturated rings. The molecule has 0 bridgehead atoms. The van der Waals surface area contributed by atoms with Gasteiger partial charge < -0.3 is 15.0 Å². The number of hydrogen-bond donors (Lipinski definition) is 1. The maximum atomic E-state index is 5.25. The van der Waals surface area contributed by atoms with Gasteiger partial charge >= 0.3 is 0 Å². The summed E-state index contributed by atoms with van der Waals surface area (Å²) in [6.45, 7) is 4.88. The van der Waals surface area contributed by atoms with Gasteiger partial charge in [-0.1, -0.05) is 19.1 Å². The van der Waals surface area contributed by atoms with Crippen LogP contribution in [0.25, 0.3) is 0 Å². The second kappa shape index (κ2) is 6.80. The Bertz CT molecular complexity index is 445. The molecule has 0 amide bonds. The third kappa shape index (κ3) is 3.41. The average Bonchev–Trinajstić information content (AvgIpc) is 3.00. The van der Waals surface area contributed by atoms with Crippen LogP contribution in [-0.2, 0) is 0 Å². The summed E-state index contributed by atoms with van der Waals surface area (Å²) in [5.74, 6) is 0.938. The molecule has 2 saturated heterocycles. The smallest absolute Gasteiger partial charge is 0.118 e. The molecule has 3 unspecified atom stereocenters. The van der Waals surface area contributed by atoms with E-state index in [-0.39, 0.29) is 0 Å². The van der Waals surface area contributed by atoms with Gasteiger partial charge in [0.05, 0.1) is 7.11 Å². The lowest BCUT2D eigenvalue weighted by Gasteiger charge is -2.37. The van der Waals surface area contributed by atoms with Crippen molar-refractivity contribution in [2.24, 2.45) is 0 Å². The normalized spacial score (nSPS) is 27.3. The first-order chi connectivity index (χ1) is 10.3. The highest BCUT2D eigenvalue weighted by Gasteiger charge is 2.32. The minimum Gasteiger partial charge on any atom is -0.497 e. The van der Waals surface area contributed by atoms with Crippen LogP contribution in [0.4, 0.5) is 0 Å². The van der Waals surface area contributed by atoms with Crippen LogP contribution in [0.5, 0.6) is 5.75 Å². The molecular formula is C18H28N2O. The minimum atomic E-state index is 0.467. The molecule has 3 atom stereocenters. The summed E-state index contributed by atoms with van der Waals surface area (Å²) in [5, 5.41) is 3.90. The zero-order chi connectivity index (χ0) is 14.7. The van der Waals surface area contributed by atoms with Crippen molar-refractivity contribution in [3.8, 4) is 5.75 Å². The van der Waals surface area contributed by atoms with Gasteiger partial charge in [0.2, 0.25) is 0 Å². The zero-order valence-electron chi connectivity index (χ0n) is 13.3. The van der Waals surface area contributed by atoms with E-state index in [1.54, 1.807) is 7.11 Å². The minimum absolute atomic E-state index is 0.467. The monoisotopic (exact) mass is 288 g/mol. The van der Waals surface area contributed by atoms with E-state index in [0.29, 0.717) is 12.1 Å². The molecule has 3 heteroatoms. The highest BCUT2D eigenvalue weighted by molar-refractivity contribution is 5.29. The number of methoxy groups -OCH3 is 1. The third-order valence-electron chi connectivity index (χ3n) is 5.18. The van der Waals surface area contributed by atoms with Crippen LogP contribution in [0.3, 0.4) is 0 Å². The topological polar surface area (TPSA) is 24.5 Å². The lowest BCUT2D eigenvalue weighted by Crippen LogP contribution is -2.46. The van der Waals surface area contributed by atoms with Crippen molar-refractivity contribution in [3.63, 3.8) is 0 Å². The Balaban J connectivity index is 1.61. The SMILES string of the molecule is CCC(NC1CCN2CCCC2C1)c1ccc(OC)cc1. The number of benzene rings is 1. The van der Waals surface area contributed by atoms with Crippen molar-refractivity contribution >= 4 is 0 Å². The summed E-state index contributed by atoms with van der Waals surface area (Å²) in [7, 11) is 1.72. The van der Waals surface area contributed by atoms with Gasteiger partial charge in [-0.2, -0.15) is 0 Å². The molecule has 3 rings (SSSR count). The second-order valence-electron chi connectivity index (χ2n) is 6.45. The highest BCUT2D eigenvalue weighted by Crippen LogP contribution is 2.29. The molecule has 0 radical (unpaired) electrons. The van der Waals surface area contributed by atoms with Crippen LogP contribution in [0, 0.1) is 0 Å². The number of nitrogens with one attached hydrogen (secondary N) is 1. The van der Waals surface area contributed by atoms with Gasteiger partial charge in [-0.3, -0.25) is 0 Å². The molecule has 2 aliphatic rings. The largest absolute Gasteiger partial charge is 0.497 e. The van der Waals surface area contributed by atoms with Crippen LogP contribution in [0.1, 0.15) is 50.6 Å². The van der Waals surface area contributed by atoms with Crippen molar-refractivity contribution < 1.29 is 4.74 Å². The summed E-state index contributed by atoms with van der Waals surface area (Å²) in [4.78, 5) is 2.69. The Labute approximate surface area is 128 Å². The van der Waals surface area contributed by atoms with Crippen molar-refractivity contribution in [2.75, 3.05) is 20.2 Å². The second-order valence-corrected chi connectivity index (χ2v) is 6.45. The number of ether oxygens (including phenoxy) is 1. The van der Waals surface area contributed by atoms with Crippen LogP contribution in [-0.4, -0.2) is 37.2 Å². The first-order valence-electron chi connectivity index (χ1n) is 8.44. The van der Waals surface area contributed by atoms with Crippen LogP contribution in [0.15, 0.2) is 24.3 Å². The van der Waals surface area contributed by atoms with Crippen molar-refractivity contribution in [1.82, 2.24) is 10.2 Å². The summed E-state index contributed by atoms with van der Waals surface area (Å²) in [6, 6.07) is 10.5. The van der Waals surface area contributed by atoms with Crippen LogP contribution < -0.4 is 10.1 Å². The molecular weight excluding hydrogens is 260 g/mol. The lowest BCUT2D eigenvalue weighted by molar-refractivity contribution is 0.160. The van der Waals surface area contributed by atoms with E-state index >= 15 is 0 Å². The van der Waals surface area contributed by atoms with Gasteiger partial charge in [-0.25, -0.2) is 0 Å². The molecule has 0 spiro atoms. The maximum Gasteiger partial charge on any atom is 0.118 e. The number of fused-ring (bicyclic) bond motifs is 1. The first kappa shape index (κ1) is 14.9. The van der Waals surface area contributed by atoms with Gasteiger partial charge in [-0.05, 0) is 62.9 Å². The molecule has 0 aromatic heterocycles. The molecule has 116 valence electrons. The van der Waals surface area contributed by atoms with E-state index in [4.69, 9.17) is 4.74 Å². The van der Waals surface area contributed by atoms with Gasteiger partial charge in [-0.15, -0.1) is 0 Å². The van der Waals surface area contributed by atoms with E-state index in [2.05, 4.69) is 41.4 Å². The summed E-state index contributed by atoms with van der Waals surface area (Å²) in [5.41, 5.74) is 1.38. The number of nitrogens with zero attached hydrogens (tertiary/aromatic N) is 1. The zero-order valence-corrected chi connectivity index (χ0v) is 13.3. The number of hydrogen-bond acceptors (Lipinski definition) is 3. The predicted octanol–water partition coefficient (Wildman–Crippen LogP) is 3.36. The Morgan fingerprint density at radius 3 is 2.76 bits per heavy atom. The fourth-order valence-electron chi connectivity index (χ4n) is 3.95. The van der Waals surface area contributed by atoms with Gasteiger partial charge in [0.25, 0.3) is 0 Å². The fourth-order valence-corrected chi connectivity index (χ4v) is 3.95. The van der Waals surface area contributed by atoms with E-state index in [9.17, 15) is 0 Å². The quantitative estimate of drug-likeness (QED) is 0.899. The highest BCUT2D eigenvalue weighted by atomic mass is 16.5. The fraction of sp³-hybridized carbons (Fsp3) is 0.667. The van der Waals surface area contributed by atoms with Gasteiger partial charge in [0.15, 0.2) is 0 Å². The van der Waals surface area contributed by atoms with Crippen LogP contribution in [0.2, 0.25) is 0 Å². The van der Waals surface area contributed by atoms with E-state index in [1.165, 1.54) is 44.3 Å². The predicted molar refractivity (Wildman–Crippen MR) is 86.8 cm³/mol. The summed E-state index contributed by atoms with van der Waals surface area (Å²) in [6.07, 6.45) is 6.55. The molecule has 1 aromatic rings. The van der Waals surface area contributed by atoms with Gasteiger partial charge in [0.1, 0.15) is 5.75 Å². The molecule has 1 N–H and O–H groups in total. The van der Waals surface area contributed by atoms with Gasteiger partial charge in [0, 0.05) is 18.1 Å². The average molecular weight is 288 g/mol. The molecule has 3 nitrogen and oxygen atoms in total. The number of piperidine rings is 1. The van der Waals surface area contributed by atoms with E-state index in [1.807, 2.05) is 0 Å². The van der Waals surface area contributed by atoms with E-state index in [0.717, 1.165) is 18.2 Å². The molecule has 2 aliphatic heterocycles. The Hall–Kier alpha value is -1.06.